The summed E-state index contributed by atoms with van der Waals surface area (Å²) in [7, 11) is 4.83. The number of likely N-dealkylation sites (tertiary alicyclic amines) is 1. The summed E-state index contributed by atoms with van der Waals surface area (Å²) in [5.41, 5.74) is 0.684. The van der Waals surface area contributed by atoms with Crippen LogP contribution in [-0.2, 0) is 14.3 Å². The van der Waals surface area contributed by atoms with Crippen LogP contribution in [0.5, 0.6) is 11.5 Å². The molecule has 1 saturated heterocycles. The molecule has 0 aromatic heterocycles. The summed E-state index contributed by atoms with van der Waals surface area (Å²) in [6, 6.07) is 5.69. The monoisotopic (exact) mass is 413 g/mol. The lowest BCUT2D eigenvalue weighted by atomic mass is 9.70. The van der Waals surface area contributed by atoms with Crippen molar-refractivity contribution in [2.45, 2.75) is 38.1 Å². The molecule has 0 bridgehead atoms. The Kier molecular flexibility index (Phi) is 6.98. The number of hydrogen-bond donors (Lipinski definition) is 0. The zero-order valence-corrected chi connectivity index (χ0v) is 18.1. The molecule has 0 spiro atoms. The normalized spacial score (nSPS) is 23.8. The van der Waals surface area contributed by atoms with Crippen LogP contribution in [0.2, 0.25) is 0 Å². The fraction of sp³-hybridized carbons (Fsp3) is 0.500. The minimum absolute atomic E-state index is 0.0110. The topological polar surface area (TPSA) is 65.1 Å². The van der Waals surface area contributed by atoms with Crippen molar-refractivity contribution >= 4 is 17.3 Å². The second-order valence-electron chi connectivity index (χ2n) is 7.88. The lowest BCUT2D eigenvalue weighted by Crippen LogP contribution is -2.51. The van der Waals surface area contributed by atoms with E-state index in [1.54, 1.807) is 27.4 Å². The molecule has 1 amide bonds. The summed E-state index contributed by atoms with van der Waals surface area (Å²) in [5.74, 6) is 1.08. The van der Waals surface area contributed by atoms with Crippen molar-refractivity contribution in [1.29, 1.82) is 0 Å². The molecule has 0 N–H and O–H groups in total. The molecular weight excluding hydrogens is 382 g/mol. The molecule has 0 unspecified atom stereocenters. The van der Waals surface area contributed by atoms with Crippen molar-refractivity contribution in [2.75, 3.05) is 34.5 Å². The highest BCUT2D eigenvalue weighted by Gasteiger charge is 2.48. The van der Waals surface area contributed by atoms with E-state index in [4.69, 9.17) is 14.2 Å². The van der Waals surface area contributed by atoms with Gasteiger partial charge >= 0.3 is 0 Å². The number of nitrogens with zero attached hydrogens (tertiary/aromatic N) is 1. The van der Waals surface area contributed by atoms with E-state index in [2.05, 4.69) is 6.58 Å². The Morgan fingerprint density at radius 3 is 2.67 bits per heavy atom. The Labute approximate surface area is 178 Å². The largest absolute Gasteiger partial charge is 0.493 e. The quantitative estimate of drug-likeness (QED) is 0.481. The number of methoxy groups -OCH3 is 3. The molecular formula is C24H31NO5. The highest BCUT2D eigenvalue weighted by atomic mass is 16.5. The molecule has 2 atom stereocenters. The smallest absolute Gasteiger partial charge is 0.240 e. The van der Waals surface area contributed by atoms with E-state index >= 15 is 0 Å². The fourth-order valence-electron chi connectivity index (χ4n) is 4.58. The molecule has 1 aliphatic heterocycles. The molecule has 1 aliphatic carbocycles. The third-order valence-corrected chi connectivity index (χ3v) is 6.14. The third kappa shape index (κ3) is 4.01. The minimum Gasteiger partial charge on any atom is -0.493 e. The van der Waals surface area contributed by atoms with E-state index in [9.17, 15) is 9.59 Å². The number of carbonyl (C=O) groups excluding carboxylic acids is 2. The van der Waals surface area contributed by atoms with Crippen LogP contribution in [0.1, 0.15) is 37.7 Å². The van der Waals surface area contributed by atoms with Crippen molar-refractivity contribution in [3.8, 4) is 11.5 Å². The van der Waals surface area contributed by atoms with E-state index in [0.29, 0.717) is 37.5 Å². The van der Waals surface area contributed by atoms with Crippen molar-refractivity contribution in [3.05, 3.63) is 42.5 Å². The van der Waals surface area contributed by atoms with Crippen LogP contribution in [0.25, 0.3) is 5.57 Å². The van der Waals surface area contributed by atoms with E-state index in [-0.39, 0.29) is 24.2 Å². The summed E-state index contributed by atoms with van der Waals surface area (Å²) in [6.07, 6.45) is 6.55. The van der Waals surface area contributed by atoms with Gasteiger partial charge in [0.05, 0.1) is 26.9 Å². The predicted molar refractivity (Wildman–Crippen MR) is 116 cm³/mol. The lowest BCUT2D eigenvalue weighted by Gasteiger charge is -2.37. The lowest BCUT2D eigenvalue weighted by molar-refractivity contribution is -0.148. The molecule has 1 heterocycles. The molecule has 162 valence electrons. The third-order valence-electron chi connectivity index (χ3n) is 6.14. The number of allylic oxidation sites excluding steroid dienone is 2. The highest BCUT2D eigenvalue weighted by Crippen LogP contribution is 2.42. The molecule has 6 nitrogen and oxygen atoms in total. The molecule has 30 heavy (non-hydrogen) atoms. The number of rotatable bonds is 8. The Morgan fingerprint density at radius 2 is 2.00 bits per heavy atom. The number of ketones is 1. The highest BCUT2D eigenvalue weighted by molar-refractivity contribution is 6.11. The van der Waals surface area contributed by atoms with Gasteiger partial charge < -0.3 is 19.1 Å². The number of ether oxygens (including phenoxy) is 3. The van der Waals surface area contributed by atoms with E-state index in [1.165, 1.54) is 0 Å². The summed E-state index contributed by atoms with van der Waals surface area (Å²) in [5, 5.41) is 0. The maximum Gasteiger partial charge on any atom is 0.240 e. The summed E-state index contributed by atoms with van der Waals surface area (Å²) in [4.78, 5) is 28.7. The first-order chi connectivity index (χ1) is 14.5. The van der Waals surface area contributed by atoms with Gasteiger partial charge in [-0.15, -0.1) is 6.58 Å². The van der Waals surface area contributed by atoms with Gasteiger partial charge in [0.2, 0.25) is 5.91 Å². The average molecular weight is 414 g/mol. The van der Waals surface area contributed by atoms with E-state index < -0.39 is 5.41 Å². The van der Waals surface area contributed by atoms with Crippen LogP contribution in [-0.4, -0.2) is 57.1 Å². The molecule has 0 saturated carbocycles. The Bertz CT molecular complexity index is 846. The number of amides is 1. The van der Waals surface area contributed by atoms with Crippen molar-refractivity contribution in [2.24, 2.45) is 5.41 Å². The SMILES string of the molecule is C=CC[C@@]1(C(=O)N2CCC[C@H]2COC)C=C(c2ccc(OC)c(OC)c2)CCC1=O. The summed E-state index contributed by atoms with van der Waals surface area (Å²) < 4.78 is 16.1. The number of hydrogen-bond acceptors (Lipinski definition) is 5. The fourth-order valence-corrected chi connectivity index (χ4v) is 4.58. The molecule has 1 aromatic carbocycles. The van der Waals surface area contributed by atoms with Crippen LogP contribution in [0.4, 0.5) is 0 Å². The number of Topliss-reactive ketones (excluding diaryl/α,β-unsaturated/α-hetero) is 1. The van der Waals surface area contributed by atoms with Gasteiger partial charge in [-0.1, -0.05) is 18.2 Å². The van der Waals surface area contributed by atoms with Gasteiger partial charge in [0.15, 0.2) is 17.3 Å². The van der Waals surface area contributed by atoms with Crippen LogP contribution >= 0.6 is 0 Å². The first kappa shape index (κ1) is 22.1. The molecule has 3 rings (SSSR count). The summed E-state index contributed by atoms with van der Waals surface area (Å²) in [6.45, 7) is 4.97. The average Bonchev–Trinajstić information content (AvgIpc) is 3.22. The molecule has 1 aromatic rings. The van der Waals surface area contributed by atoms with Gasteiger partial charge in [-0.05, 0) is 49.0 Å². The van der Waals surface area contributed by atoms with Crippen molar-refractivity contribution < 1.29 is 23.8 Å². The van der Waals surface area contributed by atoms with Crippen LogP contribution < -0.4 is 9.47 Å². The van der Waals surface area contributed by atoms with Crippen LogP contribution in [0.3, 0.4) is 0 Å². The van der Waals surface area contributed by atoms with Crippen LogP contribution in [0.15, 0.2) is 36.9 Å². The van der Waals surface area contributed by atoms with Gasteiger partial charge in [-0.25, -0.2) is 0 Å². The summed E-state index contributed by atoms with van der Waals surface area (Å²) >= 11 is 0. The number of carbonyl (C=O) groups is 2. The van der Waals surface area contributed by atoms with Gasteiger partial charge in [-0.2, -0.15) is 0 Å². The van der Waals surface area contributed by atoms with Crippen molar-refractivity contribution in [1.82, 2.24) is 4.90 Å². The van der Waals surface area contributed by atoms with Gasteiger partial charge in [-0.3, -0.25) is 9.59 Å². The zero-order chi connectivity index (χ0) is 21.7. The first-order valence-corrected chi connectivity index (χ1v) is 10.4. The predicted octanol–water partition coefficient (Wildman–Crippen LogP) is 3.65. The van der Waals surface area contributed by atoms with Gasteiger partial charge in [0.1, 0.15) is 5.41 Å². The second kappa shape index (κ2) is 9.47. The second-order valence-corrected chi connectivity index (χ2v) is 7.88. The standard InChI is InChI=1S/C24H31NO5/c1-5-12-24(23(27)25-13-6-7-19(25)16-28-2)15-18(9-11-22(24)26)17-8-10-20(29-3)21(14-17)30-4/h5,8,10,14-15,19H,1,6-7,9,11-13,16H2,2-4H3/t19-,24+/m0/s1. The molecule has 2 aliphatic rings. The van der Waals surface area contributed by atoms with E-state index in [1.807, 2.05) is 29.2 Å². The van der Waals surface area contributed by atoms with Gasteiger partial charge in [0.25, 0.3) is 0 Å². The maximum absolute atomic E-state index is 13.7. The Balaban J connectivity index is 2.03. The number of benzene rings is 1. The van der Waals surface area contributed by atoms with Crippen molar-refractivity contribution in [3.63, 3.8) is 0 Å². The van der Waals surface area contributed by atoms with Gasteiger partial charge in [0, 0.05) is 20.1 Å². The molecule has 0 radical (unpaired) electrons. The Morgan fingerprint density at radius 1 is 1.23 bits per heavy atom. The minimum atomic E-state index is -1.21. The Hall–Kier alpha value is -2.60. The van der Waals surface area contributed by atoms with Crippen LogP contribution in [0, 0.1) is 5.41 Å². The van der Waals surface area contributed by atoms with E-state index in [0.717, 1.165) is 24.0 Å². The molecule has 6 heteroatoms. The zero-order valence-electron chi connectivity index (χ0n) is 18.1. The first-order valence-electron chi connectivity index (χ1n) is 10.4. The molecule has 1 fully saturated rings. The maximum atomic E-state index is 13.7.